The molecule has 0 aliphatic carbocycles. The molecule has 0 saturated heterocycles. The van der Waals surface area contributed by atoms with E-state index < -0.39 is 10.0 Å². The van der Waals surface area contributed by atoms with E-state index in [2.05, 4.69) is 33.4 Å². The van der Waals surface area contributed by atoms with Crippen LogP contribution in [-0.2, 0) is 16.6 Å². The van der Waals surface area contributed by atoms with Crippen LogP contribution in [0, 0.1) is 6.92 Å². The van der Waals surface area contributed by atoms with E-state index in [4.69, 9.17) is 0 Å². The number of hydrogen-bond donors (Lipinski definition) is 3. The van der Waals surface area contributed by atoms with Crippen LogP contribution in [0.5, 0.6) is 0 Å². The van der Waals surface area contributed by atoms with Crippen LogP contribution in [0.25, 0.3) is 0 Å². The van der Waals surface area contributed by atoms with Gasteiger partial charge >= 0.3 is 0 Å². The molecule has 0 amide bonds. The van der Waals surface area contributed by atoms with Crippen LogP contribution < -0.4 is 10.0 Å². The summed E-state index contributed by atoms with van der Waals surface area (Å²) in [6, 6.07) is 0. The maximum Gasteiger partial charge on any atom is 0.244 e. The Labute approximate surface area is 131 Å². The van der Waals surface area contributed by atoms with E-state index in [0.29, 0.717) is 24.5 Å². The zero-order valence-corrected chi connectivity index (χ0v) is 14.7. The summed E-state index contributed by atoms with van der Waals surface area (Å²) in [4.78, 5) is 0.288. The predicted molar refractivity (Wildman–Crippen MR) is 88.1 cm³/mol. The highest BCUT2D eigenvalue weighted by Gasteiger charge is 2.23. The first kappa shape index (κ1) is 18.5. The molecule has 0 unspecified atom stereocenters. The standard InChI is InChI=1S/C13H26N4O2S2/c1-4-7-14-10-12-13(11(2)16-17-12)21(18,19)15-8-5-6-9-20-3/h14-15H,4-10H2,1-3H3,(H,16,17). The lowest BCUT2D eigenvalue weighted by molar-refractivity contribution is 0.574. The second kappa shape index (κ2) is 9.45. The third-order valence-electron chi connectivity index (χ3n) is 3.02. The topological polar surface area (TPSA) is 86.9 Å². The predicted octanol–water partition coefficient (Wildman–Crippen LogP) is 1.64. The summed E-state index contributed by atoms with van der Waals surface area (Å²) in [5, 5.41) is 10.1. The number of hydrogen-bond acceptors (Lipinski definition) is 5. The van der Waals surface area contributed by atoms with Crippen LogP contribution in [0.2, 0.25) is 0 Å². The van der Waals surface area contributed by atoms with Crippen molar-refractivity contribution in [2.75, 3.05) is 25.1 Å². The van der Waals surface area contributed by atoms with Crippen molar-refractivity contribution in [2.24, 2.45) is 0 Å². The van der Waals surface area contributed by atoms with Crippen molar-refractivity contribution in [3.63, 3.8) is 0 Å². The summed E-state index contributed by atoms with van der Waals surface area (Å²) < 4.78 is 27.5. The molecule has 8 heteroatoms. The van der Waals surface area contributed by atoms with E-state index in [1.807, 2.05) is 0 Å². The zero-order valence-electron chi connectivity index (χ0n) is 13.0. The number of H-pyrrole nitrogens is 1. The number of aromatic nitrogens is 2. The smallest absolute Gasteiger partial charge is 0.244 e. The van der Waals surface area contributed by atoms with Gasteiger partial charge in [-0.3, -0.25) is 5.10 Å². The van der Waals surface area contributed by atoms with Crippen LogP contribution in [-0.4, -0.2) is 43.7 Å². The van der Waals surface area contributed by atoms with Crippen LogP contribution in [0.1, 0.15) is 37.6 Å². The van der Waals surface area contributed by atoms with E-state index in [1.54, 1.807) is 18.7 Å². The Hall–Kier alpha value is -0.570. The van der Waals surface area contributed by atoms with Crippen molar-refractivity contribution >= 4 is 21.8 Å². The highest BCUT2D eigenvalue weighted by atomic mass is 32.2. The monoisotopic (exact) mass is 334 g/mol. The largest absolute Gasteiger partial charge is 0.311 e. The van der Waals surface area contributed by atoms with Crippen LogP contribution in [0.4, 0.5) is 0 Å². The van der Waals surface area contributed by atoms with Crippen LogP contribution in [0.3, 0.4) is 0 Å². The molecule has 21 heavy (non-hydrogen) atoms. The van der Waals surface area contributed by atoms with Gasteiger partial charge in [-0.05, 0) is 44.7 Å². The first-order valence-electron chi connectivity index (χ1n) is 7.26. The molecular weight excluding hydrogens is 308 g/mol. The lowest BCUT2D eigenvalue weighted by Gasteiger charge is -2.08. The SMILES string of the molecule is CCCNCc1n[nH]c(C)c1S(=O)(=O)NCCCCSC. The summed E-state index contributed by atoms with van der Waals surface area (Å²) in [5.41, 5.74) is 1.14. The van der Waals surface area contributed by atoms with E-state index in [1.165, 1.54) is 0 Å². The minimum Gasteiger partial charge on any atom is -0.311 e. The quantitative estimate of drug-likeness (QED) is 0.536. The van der Waals surface area contributed by atoms with Crippen LogP contribution >= 0.6 is 11.8 Å². The molecule has 0 atom stereocenters. The van der Waals surface area contributed by atoms with E-state index >= 15 is 0 Å². The fourth-order valence-electron chi connectivity index (χ4n) is 1.98. The molecule has 1 aromatic rings. The Morgan fingerprint density at radius 1 is 1.29 bits per heavy atom. The lowest BCUT2D eigenvalue weighted by Crippen LogP contribution is -2.27. The van der Waals surface area contributed by atoms with Gasteiger partial charge in [0.05, 0.1) is 11.4 Å². The van der Waals surface area contributed by atoms with E-state index in [9.17, 15) is 8.42 Å². The van der Waals surface area contributed by atoms with Crippen molar-refractivity contribution < 1.29 is 8.42 Å². The van der Waals surface area contributed by atoms with Crippen molar-refractivity contribution in [3.05, 3.63) is 11.4 Å². The van der Waals surface area contributed by atoms with Gasteiger partial charge in [0.1, 0.15) is 4.90 Å². The Kier molecular flexibility index (Phi) is 8.31. The Bertz CT molecular complexity index is 514. The van der Waals surface area contributed by atoms with Gasteiger partial charge in [0, 0.05) is 13.1 Å². The van der Waals surface area contributed by atoms with Gasteiger partial charge in [-0.15, -0.1) is 0 Å². The molecule has 0 aromatic carbocycles. The molecule has 0 aliphatic rings. The normalized spacial score (nSPS) is 12.0. The van der Waals surface area contributed by atoms with Gasteiger partial charge in [-0.2, -0.15) is 16.9 Å². The molecule has 1 aromatic heterocycles. The zero-order chi connectivity index (χ0) is 15.7. The Balaban J connectivity index is 2.66. The molecule has 3 N–H and O–H groups in total. The number of thioether (sulfide) groups is 1. The van der Waals surface area contributed by atoms with Crippen LogP contribution in [0.15, 0.2) is 4.90 Å². The minimum absolute atomic E-state index is 0.288. The van der Waals surface area contributed by atoms with Gasteiger partial charge in [-0.1, -0.05) is 6.92 Å². The molecule has 0 fully saturated rings. The fourth-order valence-corrected chi connectivity index (χ4v) is 3.91. The maximum atomic E-state index is 12.4. The second-order valence-electron chi connectivity index (χ2n) is 4.90. The second-order valence-corrected chi connectivity index (χ2v) is 7.59. The molecule has 6 nitrogen and oxygen atoms in total. The highest BCUT2D eigenvalue weighted by Crippen LogP contribution is 2.17. The number of unbranched alkanes of at least 4 members (excludes halogenated alkanes) is 1. The molecule has 0 bridgehead atoms. The fraction of sp³-hybridized carbons (Fsp3) is 0.769. The van der Waals surface area contributed by atoms with Gasteiger partial charge < -0.3 is 5.32 Å². The minimum atomic E-state index is -3.49. The van der Waals surface area contributed by atoms with Gasteiger partial charge in [0.2, 0.25) is 10.0 Å². The van der Waals surface area contributed by atoms with Crippen molar-refractivity contribution in [1.82, 2.24) is 20.2 Å². The summed E-state index contributed by atoms with van der Waals surface area (Å²) in [6.45, 7) is 5.57. The first-order valence-corrected chi connectivity index (χ1v) is 10.1. The van der Waals surface area contributed by atoms with E-state index in [-0.39, 0.29) is 4.90 Å². The van der Waals surface area contributed by atoms with Gasteiger partial charge in [0.25, 0.3) is 0 Å². The number of aryl methyl sites for hydroxylation is 1. The summed E-state index contributed by atoms with van der Waals surface area (Å²) in [6.07, 6.45) is 4.91. The van der Waals surface area contributed by atoms with Gasteiger partial charge in [0.15, 0.2) is 0 Å². The number of nitrogens with zero attached hydrogens (tertiary/aromatic N) is 1. The maximum absolute atomic E-state index is 12.4. The first-order chi connectivity index (χ1) is 10.0. The average molecular weight is 335 g/mol. The average Bonchev–Trinajstić information content (AvgIpc) is 2.81. The number of rotatable bonds is 11. The molecule has 0 radical (unpaired) electrons. The molecule has 1 rings (SSSR count). The Morgan fingerprint density at radius 3 is 2.71 bits per heavy atom. The van der Waals surface area contributed by atoms with Crippen molar-refractivity contribution in [3.8, 4) is 0 Å². The Morgan fingerprint density at radius 2 is 2.05 bits per heavy atom. The molecule has 1 heterocycles. The highest BCUT2D eigenvalue weighted by molar-refractivity contribution is 7.98. The summed E-state index contributed by atoms with van der Waals surface area (Å²) in [5.74, 6) is 1.05. The van der Waals surface area contributed by atoms with Crippen molar-refractivity contribution in [2.45, 2.75) is 44.6 Å². The lowest BCUT2D eigenvalue weighted by atomic mass is 10.3. The number of sulfonamides is 1. The third kappa shape index (κ3) is 5.98. The molecule has 0 aliphatic heterocycles. The molecule has 122 valence electrons. The van der Waals surface area contributed by atoms with Gasteiger partial charge in [-0.25, -0.2) is 13.1 Å². The summed E-state index contributed by atoms with van der Waals surface area (Å²) in [7, 11) is -3.49. The molecule has 0 saturated carbocycles. The molecular formula is C13H26N4O2S2. The van der Waals surface area contributed by atoms with Crippen molar-refractivity contribution in [1.29, 1.82) is 0 Å². The summed E-state index contributed by atoms with van der Waals surface area (Å²) >= 11 is 1.77. The molecule has 0 spiro atoms. The number of aromatic amines is 1. The third-order valence-corrected chi connectivity index (χ3v) is 5.38. The van der Waals surface area contributed by atoms with E-state index in [0.717, 1.165) is 31.6 Å². The number of nitrogens with one attached hydrogen (secondary N) is 3.